The summed E-state index contributed by atoms with van der Waals surface area (Å²) >= 11 is 0. The molecule has 2 fully saturated rings. The lowest BCUT2D eigenvalue weighted by atomic mass is 9.75. The number of hydrogen-bond acceptors (Lipinski definition) is 5. The van der Waals surface area contributed by atoms with Crippen molar-refractivity contribution in [2.75, 3.05) is 40.3 Å². The van der Waals surface area contributed by atoms with Crippen molar-refractivity contribution in [1.29, 1.82) is 5.26 Å². The van der Waals surface area contributed by atoms with Crippen LogP contribution >= 0.6 is 0 Å². The zero-order valence-corrected chi connectivity index (χ0v) is 15.1. The molecule has 2 atom stereocenters. The van der Waals surface area contributed by atoms with Crippen molar-refractivity contribution >= 4 is 11.9 Å². The summed E-state index contributed by atoms with van der Waals surface area (Å²) < 4.78 is 0. The van der Waals surface area contributed by atoms with E-state index in [1.54, 1.807) is 30.0 Å². The number of urea groups is 1. The van der Waals surface area contributed by atoms with Gasteiger partial charge in [0.05, 0.1) is 11.2 Å². The molecule has 0 saturated carbocycles. The van der Waals surface area contributed by atoms with Crippen LogP contribution in [0.3, 0.4) is 0 Å². The highest BCUT2D eigenvalue weighted by molar-refractivity contribution is 5.94. The molecular formula is C18H23N5O3. The minimum absolute atomic E-state index is 0.0770. The second kappa shape index (κ2) is 6.92. The summed E-state index contributed by atoms with van der Waals surface area (Å²) in [5.41, 5.74) is -0.144. The molecule has 26 heavy (non-hydrogen) atoms. The maximum Gasteiger partial charge on any atom is 0.319 e. The van der Waals surface area contributed by atoms with Gasteiger partial charge in [-0.1, -0.05) is 0 Å². The van der Waals surface area contributed by atoms with Crippen LogP contribution in [0, 0.1) is 17.2 Å². The van der Waals surface area contributed by atoms with E-state index in [0.29, 0.717) is 44.6 Å². The average Bonchev–Trinajstić information content (AvgIpc) is 2.65. The monoisotopic (exact) mass is 357 g/mol. The molecule has 1 aromatic rings. The number of aliphatic hydroxyl groups is 1. The molecule has 8 nitrogen and oxygen atoms in total. The molecule has 0 unspecified atom stereocenters. The molecule has 0 spiro atoms. The van der Waals surface area contributed by atoms with Gasteiger partial charge in [0.15, 0.2) is 0 Å². The highest BCUT2D eigenvalue weighted by Crippen LogP contribution is 2.36. The third-order valence-electron chi connectivity index (χ3n) is 5.34. The predicted octanol–water partition coefficient (Wildman–Crippen LogP) is 0.534. The number of nitrogens with zero attached hydrogens (tertiary/aromatic N) is 5. The van der Waals surface area contributed by atoms with E-state index in [2.05, 4.69) is 4.98 Å². The number of carbonyl (C=O) groups is 2. The predicted molar refractivity (Wildman–Crippen MR) is 93.2 cm³/mol. The lowest BCUT2D eigenvalue weighted by molar-refractivity contribution is -0.100. The fourth-order valence-electron chi connectivity index (χ4n) is 3.71. The Morgan fingerprint density at radius 3 is 2.50 bits per heavy atom. The van der Waals surface area contributed by atoms with Crippen LogP contribution < -0.4 is 0 Å². The summed E-state index contributed by atoms with van der Waals surface area (Å²) in [6.07, 6.45) is 2.43. The second-order valence-corrected chi connectivity index (χ2v) is 7.22. The van der Waals surface area contributed by atoms with Gasteiger partial charge >= 0.3 is 6.03 Å². The second-order valence-electron chi connectivity index (χ2n) is 7.22. The van der Waals surface area contributed by atoms with Gasteiger partial charge in [-0.2, -0.15) is 5.26 Å². The number of amides is 3. The number of nitriles is 1. The highest BCUT2D eigenvalue weighted by Gasteiger charge is 2.47. The molecule has 3 heterocycles. The summed E-state index contributed by atoms with van der Waals surface area (Å²) in [6, 6.07) is 4.97. The molecule has 8 heteroatoms. The van der Waals surface area contributed by atoms with Gasteiger partial charge in [0, 0.05) is 52.4 Å². The van der Waals surface area contributed by atoms with Crippen LogP contribution in [-0.2, 0) is 0 Å². The first-order chi connectivity index (χ1) is 12.3. The van der Waals surface area contributed by atoms with Crippen LogP contribution in [0.5, 0.6) is 0 Å². The van der Waals surface area contributed by atoms with E-state index in [4.69, 9.17) is 5.26 Å². The first-order valence-electron chi connectivity index (χ1n) is 8.68. The maximum atomic E-state index is 12.7. The third kappa shape index (κ3) is 3.35. The SMILES string of the molecule is CN(C)C(=O)N1CC[C@@]2(O)CCN(C(=O)c3ccc(C#N)nc3)C[C@H]2C1. The zero-order valence-electron chi connectivity index (χ0n) is 15.1. The van der Waals surface area contributed by atoms with Crippen molar-refractivity contribution in [2.24, 2.45) is 5.92 Å². The number of aromatic nitrogens is 1. The summed E-state index contributed by atoms with van der Waals surface area (Å²) in [6.45, 7) is 1.82. The first-order valence-corrected chi connectivity index (χ1v) is 8.68. The van der Waals surface area contributed by atoms with Gasteiger partial charge in [0.2, 0.25) is 0 Å². The quantitative estimate of drug-likeness (QED) is 0.790. The van der Waals surface area contributed by atoms with Crippen LogP contribution in [0.2, 0.25) is 0 Å². The van der Waals surface area contributed by atoms with Gasteiger partial charge in [0.25, 0.3) is 5.91 Å². The minimum Gasteiger partial charge on any atom is -0.389 e. The Hall–Kier alpha value is -2.66. The Labute approximate surface area is 152 Å². The van der Waals surface area contributed by atoms with E-state index >= 15 is 0 Å². The Morgan fingerprint density at radius 2 is 1.92 bits per heavy atom. The van der Waals surface area contributed by atoms with Crippen LogP contribution in [0.4, 0.5) is 4.79 Å². The fourth-order valence-corrected chi connectivity index (χ4v) is 3.71. The molecule has 2 aliphatic heterocycles. The third-order valence-corrected chi connectivity index (χ3v) is 5.34. The molecular weight excluding hydrogens is 334 g/mol. The van der Waals surface area contributed by atoms with Crippen LogP contribution in [0.25, 0.3) is 0 Å². The largest absolute Gasteiger partial charge is 0.389 e. The van der Waals surface area contributed by atoms with Gasteiger partial charge in [-0.15, -0.1) is 0 Å². The van der Waals surface area contributed by atoms with Gasteiger partial charge in [-0.3, -0.25) is 4.79 Å². The zero-order chi connectivity index (χ0) is 18.9. The van der Waals surface area contributed by atoms with E-state index in [0.717, 1.165) is 0 Å². The molecule has 138 valence electrons. The standard InChI is InChI=1S/C18H23N5O3/c1-21(2)17(25)23-8-6-18(26)5-7-22(11-14(18)12-23)16(24)13-3-4-15(9-19)20-10-13/h3-4,10,14,26H,5-8,11-12H2,1-2H3/t14-,18-/m0/s1. The smallest absolute Gasteiger partial charge is 0.319 e. The Kier molecular flexibility index (Phi) is 4.83. The van der Waals surface area contributed by atoms with Crippen molar-refractivity contribution in [3.05, 3.63) is 29.6 Å². The van der Waals surface area contributed by atoms with Crippen molar-refractivity contribution in [2.45, 2.75) is 18.4 Å². The molecule has 1 aromatic heterocycles. The highest BCUT2D eigenvalue weighted by atomic mass is 16.3. The molecule has 0 aliphatic carbocycles. The van der Waals surface area contributed by atoms with E-state index in [1.807, 2.05) is 6.07 Å². The summed E-state index contributed by atoms with van der Waals surface area (Å²) in [5.74, 6) is -0.343. The molecule has 0 radical (unpaired) electrons. The summed E-state index contributed by atoms with van der Waals surface area (Å²) in [4.78, 5) is 33.9. The van der Waals surface area contributed by atoms with Gasteiger partial charge < -0.3 is 19.8 Å². The summed E-state index contributed by atoms with van der Waals surface area (Å²) in [5, 5.41) is 19.7. The topological polar surface area (TPSA) is 101 Å². The first kappa shape index (κ1) is 18.1. The summed E-state index contributed by atoms with van der Waals surface area (Å²) in [7, 11) is 3.41. The number of hydrogen-bond donors (Lipinski definition) is 1. The molecule has 2 saturated heterocycles. The number of fused-ring (bicyclic) bond motifs is 1. The van der Waals surface area contributed by atoms with E-state index in [1.165, 1.54) is 17.2 Å². The molecule has 2 aliphatic rings. The van der Waals surface area contributed by atoms with Gasteiger partial charge in [-0.25, -0.2) is 9.78 Å². The molecule has 3 rings (SSSR count). The Balaban J connectivity index is 1.72. The molecule has 0 aromatic carbocycles. The lowest BCUT2D eigenvalue weighted by Gasteiger charge is -2.50. The van der Waals surface area contributed by atoms with Crippen LogP contribution in [0.15, 0.2) is 18.3 Å². The van der Waals surface area contributed by atoms with E-state index < -0.39 is 5.60 Å². The Morgan fingerprint density at radius 1 is 1.27 bits per heavy atom. The minimum atomic E-state index is -0.831. The van der Waals surface area contributed by atoms with Gasteiger partial charge in [0.1, 0.15) is 11.8 Å². The molecule has 0 bridgehead atoms. The maximum absolute atomic E-state index is 12.7. The van der Waals surface area contributed by atoms with Crippen molar-refractivity contribution < 1.29 is 14.7 Å². The van der Waals surface area contributed by atoms with Gasteiger partial charge in [-0.05, 0) is 25.0 Å². The average molecular weight is 357 g/mol. The van der Waals surface area contributed by atoms with E-state index in [-0.39, 0.29) is 23.6 Å². The van der Waals surface area contributed by atoms with E-state index in [9.17, 15) is 14.7 Å². The van der Waals surface area contributed by atoms with Crippen LogP contribution in [-0.4, -0.2) is 82.6 Å². The fraction of sp³-hybridized carbons (Fsp3) is 0.556. The van der Waals surface area contributed by atoms with Crippen molar-refractivity contribution in [3.63, 3.8) is 0 Å². The van der Waals surface area contributed by atoms with Crippen LogP contribution in [0.1, 0.15) is 28.9 Å². The number of pyridine rings is 1. The molecule has 3 amide bonds. The molecule has 1 N–H and O–H groups in total. The number of likely N-dealkylation sites (tertiary alicyclic amines) is 2. The van der Waals surface area contributed by atoms with Crippen molar-refractivity contribution in [1.82, 2.24) is 19.7 Å². The normalized spacial score (nSPS) is 25.2. The number of carbonyl (C=O) groups excluding carboxylic acids is 2. The number of piperidine rings is 2. The Bertz CT molecular complexity index is 742. The lowest BCUT2D eigenvalue weighted by Crippen LogP contribution is -2.62. The number of rotatable bonds is 1. The van der Waals surface area contributed by atoms with Crippen molar-refractivity contribution in [3.8, 4) is 6.07 Å².